The van der Waals surface area contributed by atoms with E-state index in [1.165, 1.54) is 11.8 Å². The van der Waals surface area contributed by atoms with E-state index in [1.54, 1.807) is 0 Å². The summed E-state index contributed by atoms with van der Waals surface area (Å²) in [4.78, 5) is 0.958. The average Bonchev–Trinajstić information content (AvgIpc) is 2.63. The number of hydrogen-bond acceptors (Lipinski definition) is 4. The molecule has 0 saturated carbocycles. The minimum absolute atomic E-state index is 0.494. The summed E-state index contributed by atoms with van der Waals surface area (Å²) in [5, 5.41) is 9.61. The van der Waals surface area contributed by atoms with E-state index in [1.807, 2.05) is 36.7 Å². The van der Waals surface area contributed by atoms with Crippen LogP contribution in [0.3, 0.4) is 0 Å². The summed E-state index contributed by atoms with van der Waals surface area (Å²) in [5.74, 6) is 0.877. The van der Waals surface area contributed by atoms with Crippen molar-refractivity contribution in [3.05, 3.63) is 34.6 Å². The van der Waals surface area contributed by atoms with Crippen molar-refractivity contribution in [1.82, 2.24) is 14.8 Å². The lowest BCUT2D eigenvalue weighted by atomic mass is 10.2. The number of hydrogen-bond donors (Lipinski definition) is 1. The molecule has 6 heteroatoms. The molecule has 2 aromatic rings. The highest BCUT2D eigenvalue weighted by atomic mass is 35.5. The molecule has 0 spiro atoms. The summed E-state index contributed by atoms with van der Waals surface area (Å²) in [6, 6.07) is 5.81. The van der Waals surface area contributed by atoms with Crippen LogP contribution in [0.4, 0.5) is 0 Å². The van der Waals surface area contributed by atoms with Gasteiger partial charge in [-0.1, -0.05) is 17.7 Å². The van der Waals surface area contributed by atoms with E-state index in [0.717, 1.165) is 21.4 Å². The van der Waals surface area contributed by atoms with Crippen molar-refractivity contribution in [1.29, 1.82) is 0 Å². The zero-order valence-corrected chi connectivity index (χ0v) is 11.2. The van der Waals surface area contributed by atoms with Crippen LogP contribution in [0, 0.1) is 6.92 Å². The lowest BCUT2D eigenvalue weighted by molar-refractivity contribution is 0.765. The van der Waals surface area contributed by atoms with Gasteiger partial charge in [-0.2, -0.15) is 0 Å². The molecule has 0 radical (unpaired) electrons. The van der Waals surface area contributed by atoms with Gasteiger partial charge >= 0.3 is 0 Å². The third-order valence-electron chi connectivity index (χ3n) is 2.49. The summed E-state index contributed by atoms with van der Waals surface area (Å²) < 4.78 is 1.93. The highest BCUT2D eigenvalue weighted by Crippen LogP contribution is 2.32. The number of nitrogens with two attached hydrogens (primary N) is 1. The minimum Gasteiger partial charge on any atom is -0.326 e. The van der Waals surface area contributed by atoms with Crippen molar-refractivity contribution in [3.63, 3.8) is 0 Å². The van der Waals surface area contributed by atoms with E-state index in [4.69, 9.17) is 17.3 Å². The average molecular weight is 269 g/mol. The van der Waals surface area contributed by atoms with Crippen molar-refractivity contribution < 1.29 is 0 Å². The summed E-state index contributed by atoms with van der Waals surface area (Å²) in [6.45, 7) is 2.41. The van der Waals surface area contributed by atoms with E-state index < -0.39 is 0 Å². The normalized spacial score (nSPS) is 10.8. The van der Waals surface area contributed by atoms with Gasteiger partial charge in [0.1, 0.15) is 5.82 Å². The maximum Gasteiger partial charge on any atom is 0.195 e. The van der Waals surface area contributed by atoms with Crippen molar-refractivity contribution in [2.24, 2.45) is 12.8 Å². The number of aromatic nitrogens is 3. The van der Waals surface area contributed by atoms with Crippen molar-refractivity contribution >= 4 is 23.4 Å². The third-order valence-corrected chi connectivity index (χ3v) is 4.02. The van der Waals surface area contributed by atoms with Crippen LogP contribution in [0.15, 0.2) is 28.3 Å². The van der Waals surface area contributed by atoms with Crippen LogP contribution < -0.4 is 5.73 Å². The van der Waals surface area contributed by atoms with Crippen LogP contribution >= 0.6 is 23.4 Å². The maximum atomic E-state index is 6.18. The fraction of sp³-hybridized carbons (Fsp3) is 0.273. The molecule has 90 valence electrons. The maximum absolute atomic E-state index is 6.18. The topological polar surface area (TPSA) is 56.7 Å². The summed E-state index contributed by atoms with van der Waals surface area (Å²) in [6.07, 6.45) is 0. The Morgan fingerprint density at radius 1 is 1.41 bits per heavy atom. The van der Waals surface area contributed by atoms with Crippen LogP contribution in [0.5, 0.6) is 0 Å². The first kappa shape index (κ1) is 12.4. The molecule has 2 N–H and O–H groups in total. The predicted octanol–water partition coefficient (Wildman–Crippen LogP) is 2.39. The molecule has 0 amide bonds. The van der Waals surface area contributed by atoms with Crippen LogP contribution in [0.25, 0.3) is 0 Å². The van der Waals surface area contributed by atoms with Gasteiger partial charge in [-0.3, -0.25) is 0 Å². The molecule has 1 aromatic carbocycles. The standard InChI is InChI=1S/C11H13ClN4S/c1-7-14-15-11(16(7)2)17-10-4-3-8(6-13)5-9(10)12/h3-5H,6,13H2,1-2H3. The highest BCUT2D eigenvalue weighted by molar-refractivity contribution is 7.99. The van der Waals surface area contributed by atoms with E-state index in [-0.39, 0.29) is 0 Å². The first-order chi connectivity index (χ1) is 8.11. The lowest BCUT2D eigenvalue weighted by Gasteiger charge is -2.05. The molecule has 0 aliphatic rings. The molecule has 17 heavy (non-hydrogen) atoms. The Hall–Kier alpha value is -1.04. The first-order valence-electron chi connectivity index (χ1n) is 5.14. The Morgan fingerprint density at radius 2 is 2.18 bits per heavy atom. The molecule has 0 fully saturated rings. The lowest BCUT2D eigenvalue weighted by Crippen LogP contribution is -1.96. The predicted molar refractivity (Wildman–Crippen MR) is 69.2 cm³/mol. The highest BCUT2D eigenvalue weighted by Gasteiger charge is 2.09. The van der Waals surface area contributed by atoms with Gasteiger partial charge < -0.3 is 10.3 Å². The summed E-state index contributed by atoms with van der Waals surface area (Å²) in [7, 11) is 1.93. The fourth-order valence-corrected chi connectivity index (χ4v) is 2.49. The molecule has 0 unspecified atom stereocenters. The largest absolute Gasteiger partial charge is 0.326 e. The molecule has 0 aliphatic carbocycles. The molecule has 0 bridgehead atoms. The van der Waals surface area contributed by atoms with Gasteiger partial charge in [-0.05, 0) is 36.4 Å². The Labute approximate surface area is 109 Å². The summed E-state index contributed by atoms with van der Waals surface area (Å²) >= 11 is 7.68. The Kier molecular flexibility index (Phi) is 3.71. The number of benzene rings is 1. The van der Waals surface area contributed by atoms with Crippen LogP contribution in [0.2, 0.25) is 5.02 Å². The molecule has 4 nitrogen and oxygen atoms in total. The van der Waals surface area contributed by atoms with Gasteiger partial charge in [0.2, 0.25) is 0 Å². The first-order valence-corrected chi connectivity index (χ1v) is 6.33. The number of halogens is 1. The second-order valence-electron chi connectivity index (χ2n) is 3.66. The molecule has 1 heterocycles. The van der Waals surface area contributed by atoms with E-state index in [2.05, 4.69) is 10.2 Å². The quantitative estimate of drug-likeness (QED) is 0.929. The molecular formula is C11H13ClN4S. The molecule has 2 rings (SSSR count). The summed E-state index contributed by atoms with van der Waals surface area (Å²) in [5.41, 5.74) is 6.58. The van der Waals surface area contributed by atoms with E-state index in [0.29, 0.717) is 11.6 Å². The smallest absolute Gasteiger partial charge is 0.195 e. The van der Waals surface area contributed by atoms with Crippen molar-refractivity contribution in [2.45, 2.75) is 23.5 Å². The SMILES string of the molecule is Cc1nnc(Sc2ccc(CN)cc2Cl)n1C. The molecule has 0 aliphatic heterocycles. The molecule has 0 atom stereocenters. The van der Waals surface area contributed by atoms with Gasteiger partial charge in [0.05, 0.1) is 5.02 Å². The zero-order chi connectivity index (χ0) is 12.4. The van der Waals surface area contributed by atoms with Gasteiger partial charge in [-0.25, -0.2) is 0 Å². The zero-order valence-electron chi connectivity index (χ0n) is 9.64. The Balaban J connectivity index is 2.27. The van der Waals surface area contributed by atoms with Crippen LogP contribution in [-0.2, 0) is 13.6 Å². The van der Waals surface area contributed by atoms with Gasteiger partial charge in [0, 0.05) is 18.5 Å². The van der Waals surface area contributed by atoms with E-state index in [9.17, 15) is 0 Å². The van der Waals surface area contributed by atoms with Crippen molar-refractivity contribution in [2.75, 3.05) is 0 Å². The Bertz CT molecular complexity index is 538. The van der Waals surface area contributed by atoms with Crippen LogP contribution in [0.1, 0.15) is 11.4 Å². The number of rotatable bonds is 3. The Morgan fingerprint density at radius 3 is 2.71 bits per heavy atom. The van der Waals surface area contributed by atoms with E-state index >= 15 is 0 Å². The number of nitrogens with zero attached hydrogens (tertiary/aromatic N) is 3. The second kappa shape index (κ2) is 5.08. The second-order valence-corrected chi connectivity index (χ2v) is 5.08. The fourth-order valence-electron chi connectivity index (χ4n) is 1.33. The van der Waals surface area contributed by atoms with Crippen LogP contribution in [-0.4, -0.2) is 14.8 Å². The molecule has 1 aromatic heterocycles. The van der Waals surface area contributed by atoms with Gasteiger partial charge in [-0.15, -0.1) is 10.2 Å². The number of aryl methyl sites for hydroxylation is 1. The molecular weight excluding hydrogens is 256 g/mol. The van der Waals surface area contributed by atoms with Gasteiger partial charge in [0.15, 0.2) is 5.16 Å². The van der Waals surface area contributed by atoms with Crippen molar-refractivity contribution in [3.8, 4) is 0 Å². The molecule has 0 saturated heterocycles. The minimum atomic E-state index is 0.494. The van der Waals surface area contributed by atoms with Gasteiger partial charge in [0.25, 0.3) is 0 Å². The monoisotopic (exact) mass is 268 g/mol. The third kappa shape index (κ3) is 2.62.